The molecule has 2 N–H and O–H groups in total. The minimum Gasteiger partial charge on any atom is -0.357 e. The van der Waals surface area contributed by atoms with Crippen LogP contribution in [0, 0.1) is 0 Å². The van der Waals surface area contributed by atoms with Gasteiger partial charge in [0.1, 0.15) is 5.82 Å². The number of anilines is 3. The van der Waals surface area contributed by atoms with E-state index in [0.717, 1.165) is 31.7 Å². The van der Waals surface area contributed by atoms with Gasteiger partial charge in [-0.15, -0.1) is 0 Å². The molecule has 8 heteroatoms. The molecule has 0 aliphatic carbocycles. The van der Waals surface area contributed by atoms with Crippen molar-refractivity contribution in [1.82, 2.24) is 4.98 Å². The zero-order chi connectivity index (χ0) is 19.4. The van der Waals surface area contributed by atoms with Gasteiger partial charge in [0.05, 0.1) is 23.2 Å². The first-order valence-electron chi connectivity index (χ1n) is 9.09. The molecule has 2 heterocycles. The maximum Gasteiger partial charge on any atom is 0.261 e. The van der Waals surface area contributed by atoms with Gasteiger partial charge >= 0.3 is 0 Å². The molecule has 0 spiro atoms. The first kappa shape index (κ1) is 19.2. The molecule has 1 aromatic carbocycles. The van der Waals surface area contributed by atoms with Gasteiger partial charge in [-0.3, -0.25) is 9.52 Å². The second kappa shape index (κ2) is 7.96. The number of hydrogen-bond donors (Lipinski definition) is 2. The molecule has 0 saturated carbocycles. The lowest BCUT2D eigenvalue weighted by atomic mass is 10.2. The van der Waals surface area contributed by atoms with Gasteiger partial charge in [-0.1, -0.05) is 13.8 Å². The van der Waals surface area contributed by atoms with Gasteiger partial charge in [0.15, 0.2) is 0 Å². The SMILES string of the molecule is CCCN(CCC)c1ccc(NS(=O)(=O)c2ccc3c(c2)CC(=O)N3)cn1. The van der Waals surface area contributed by atoms with E-state index in [2.05, 4.69) is 33.8 Å². The Bertz CT molecular complexity index is 920. The number of sulfonamides is 1. The molecule has 1 aliphatic heterocycles. The zero-order valence-electron chi connectivity index (χ0n) is 15.5. The van der Waals surface area contributed by atoms with Gasteiger partial charge in [-0.2, -0.15) is 0 Å². The fourth-order valence-electron chi connectivity index (χ4n) is 3.10. The maximum atomic E-state index is 12.7. The topological polar surface area (TPSA) is 91.4 Å². The van der Waals surface area contributed by atoms with Crippen molar-refractivity contribution in [3.05, 3.63) is 42.1 Å². The quantitative estimate of drug-likeness (QED) is 0.725. The lowest BCUT2D eigenvalue weighted by Gasteiger charge is -2.22. The van der Waals surface area contributed by atoms with Crippen LogP contribution < -0.4 is 14.9 Å². The molecule has 0 saturated heterocycles. The van der Waals surface area contributed by atoms with Crippen LogP contribution in [0.4, 0.5) is 17.2 Å². The molecular formula is C19H24N4O3S. The minimum absolute atomic E-state index is 0.125. The zero-order valence-corrected chi connectivity index (χ0v) is 16.3. The Morgan fingerprint density at radius 3 is 2.52 bits per heavy atom. The molecular weight excluding hydrogens is 364 g/mol. The summed E-state index contributed by atoms with van der Waals surface area (Å²) in [6.45, 7) is 6.05. The standard InChI is InChI=1S/C19H24N4O3S/c1-3-9-23(10-4-2)18-8-5-15(13-20-18)22-27(25,26)16-6-7-17-14(11-16)12-19(24)21-17/h5-8,11,13,22H,3-4,9-10,12H2,1-2H3,(H,21,24). The first-order valence-corrected chi connectivity index (χ1v) is 10.6. The minimum atomic E-state index is -3.75. The summed E-state index contributed by atoms with van der Waals surface area (Å²) in [5.74, 6) is 0.708. The summed E-state index contributed by atoms with van der Waals surface area (Å²) in [6, 6.07) is 8.18. The molecule has 2 aromatic rings. The second-order valence-corrected chi connectivity index (χ2v) is 8.22. The molecule has 7 nitrogen and oxygen atoms in total. The Hall–Kier alpha value is -2.61. The highest BCUT2D eigenvalue weighted by Gasteiger charge is 2.22. The molecule has 0 bridgehead atoms. The van der Waals surface area contributed by atoms with Crippen LogP contribution in [0.5, 0.6) is 0 Å². The van der Waals surface area contributed by atoms with Crippen molar-refractivity contribution in [3.63, 3.8) is 0 Å². The molecule has 1 amide bonds. The van der Waals surface area contributed by atoms with Gasteiger partial charge in [0.25, 0.3) is 10.0 Å². The largest absolute Gasteiger partial charge is 0.357 e. The van der Waals surface area contributed by atoms with Gasteiger partial charge < -0.3 is 10.2 Å². The van der Waals surface area contributed by atoms with Crippen LogP contribution in [0.3, 0.4) is 0 Å². The van der Waals surface area contributed by atoms with E-state index in [1.165, 1.54) is 18.3 Å². The van der Waals surface area contributed by atoms with E-state index >= 15 is 0 Å². The smallest absolute Gasteiger partial charge is 0.261 e. The highest BCUT2D eigenvalue weighted by atomic mass is 32.2. The van der Waals surface area contributed by atoms with Crippen LogP contribution in [0.25, 0.3) is 0 Å². The second-order valence-electron chi connectivity index (χ2n) is 6.54. The first-order chi connectivity index (χ1) is 12.9. The summed E-state index contributed by atoms with van der Waals surface area (Å²) < 4.78 is 27.9. The van der Waals surface area contributed by atoms with Crippen molar-refractivity contribution < 1.29 is 13.2 Å². The van der Waals surface area contributed by atoms with E-state index in [-0.39, 0.29) is 17.2 Å². The van der Waals surface area contributed by atoms with Crippen molar-refractivity contribution >= 4 is 33.1 Å². The summed E-state index contributed by atoms with van der Waals surface area (Å²) in [4.78, 5) is 18.2. The predicted octanol–water partition coefficient (Wildman–Crippen LogP) is 3.00. The summed E-state index contributed by atoms with van der Waals surface area (Å²) in [7, 11) is -3.75. The van der Waals surface area contributed by atoms with Gasteiger partial charge in [-0.25, -0.2) is 13.4 Å². The number of pyridine rings is 1. The van der Waals surface area contributed by atoms with Crippen LogP contribution in [0.15, 0.2) is 41.4 Å². The fraction of sp³-hybridized carbons (Fsp3) is 0.368. The molecule has 1 aromatic heterocycles. The van der Waals surface area contributed by atoms with Gasteiger partial charge in [-0.05, 0) is 48.7 Å². The summed E-state index contributed by atoms with van der Waals surface area (Å²) in [6.07, 6.45) is 3.76. The predicted molar refractivity (Wildman–Crippen MR) is 107 cm³/mol. The number of hydrogen-bond acceptors (Lipinski definition) is 5. The van der Waals surface area contributed by atoms with Crippen molar-refractivity contribution in [3.8, 4) is 0 Å². The fourth-order valence-corrected chi connectivity index (χ4v) is 4.19. The van der Waals surface area contributed by atoms with E-state index in [0.29, 0.717) is 16.9 Å². The monoisotopic (exact) mass is 388 g/mol. The van der Waals surface area contributed by atoms with Crippen LogP contribution in [-0.4, -0.2) is 32.4 Å². The maximum absolute atomic E-state index is 12.7. The lowest BCUT2D eigenvalue weighted by molar-refractivity contribution is -0.115. The van der Waals surface area contributed by atoms with E-state index < -0.39 is 10.0 Å². The van der Waals surface area contributed by atoms with Crippen LogP contribution in [-0.2, 0) is 21.2 Å². The van der Waals surface area contributed by atoms with Gasteiger partial charge in [0.2, 0.25) is 5.91 Å². The van der Waals surface area contributed by atoms with E-state index in [9.17, 15) is 13.2 Å². The van der Waals surface area contributed by atoms with Crippen molar-refractivity contribution in [2.75, 3.05) is 28.0 Å². The van der Waals surface area contributed by atoms with Crippen LogP contribution >= 0.6 is 0 Å². The van der Waals surface area contributed by atoms with Gasteiger partial charge in [0, 0.05) is 18.8 Å². The molecule has 27 heavy (non-hydrogen) atoms. The number of amides is 1. The number of aromatic nitrogens is 1. The Labute approximate surface area is 159 Å². The average molecular weight is 388 g/mol. The van der Waals surface area contributed by atoms with Crippen molar-refractivity contribution in [2.24, 2.45) is 0 Å². The molecule has 0 atom stereocenters. The number of nitrogens with zero attached hydrogens (tertiary/aromatic N) is 2. The average Bonchev–Trinajstić information content (AvgIpc) is 3.01. The molecule has 0 unspecified atom stereocenters. The molecule has 3 rings (SSSR count). The van der Waals surface area contributed by atoms with Crippen molar-refractivity contribution in [2.45, 2.75) is 38.0 Å². The number of carbonyl (C=O) groups excluding carboxylic acids is 1. The van der Waals surface area contributed by atoms with E-state index in [4.69, 9.17) is 0 Å². The lowest BCUT2D eigenvalue weighted by Crippen LogP contribution is -2.25. The third-order valence-corrected chi connectivity index (χ3v) is 5.70. The molecule has 1 aliphatic rings. The summed E-state index contributed by atoms with van der Waals surface area (Å²) in [5, 5.41) is 2.69. The Balaban J connectivity index is 1.76. The Morgan fingerprint density at radius 1 is 1.15 bits per heavy atom. The number of benzene rings is 1. The summed E-state index contributed by atoms with van der Waals surface area (Å²) >= 11 is 0. The van der Waals surface area contributed by atoms with E-state index in [1.807, 2.05) is 6.07 Å². The Kier molecular flexibility index (Phi) is 5.65. The number of fused-ring (bicyclic) bond motifs is 1. The molecule has 0 fully saturated rings. The number of nitrogens with one attached hydrogen (secondary N) is 2. The highest BCUT2D eigenvalue weighted by molar-refractivity contribution is 7.92. The van der Waals surface area contributed by atoms with Crippen molar-refractivity contribution in [1.29, 1.82) is 0 Å². The Morgan fingerprint density at radius 2 is 1.89 bits per heavy atom. The number of carbonyl (C=O) groups is 1. The van der Waals surface area contributed by atoms with E-state index in [1.54, 1.807) is 12.1 Å². The summed E-state index contributed by atoms with van der Waals surface area (Å²) in [5.41, 5.74) is 1.75. The van der Waals surface area contributed by atoms with Crippen LogP contribution in [0.1, 0.15) is 32.3 Å². The third-order valence-electron chi connectivity index (χ3n) is 4.32. The number of rotatable bonds is 8. The third kappa shape index (κ3) is 4.39. The molecule has 144 valence electrons. The molecule has 0 radical (unpaired) electrons. The highest BCUT2D eigenvalue weighted by Crippen LogP contribution is 2.27. The normalized spacial score (nSPS) is 13.2. The van der Waals surface area contributed by atoms with Crippen LogP contribution in [0.2, 0.25) is 0 Å².